The smallest absolute Gasteiger partial charge is 0.407 e. The third kappa shape index (κ3) is 8.14. The predicted octanol–water partition coefficient (Wildman–Crippen LogP) is 3.38. The Bertz CT molecular complexity index is 1140. The van der Waals surface area contributed by atoms with Crippen molar-refractivity contribution in [2.45, 2.75) is 65.0 Å². The SMILES string of the molecule is CC(C)(C)OC(=O)NCCC(O)NCc1cnn(-c2cnc(NC(C)(C)c3ncccc3Cl)nc2)c1. The molecule has 0 spiro atoms. The highest BCUT2D eigenvalue weighted by atomic mass is 35.5. The van der Waals surface area contributed by atoms with Crippen LogP contribution in [0.25, 0.3) is 5.69 Å². The first kappa shape index (κ1) is 27.3. The number of hydrogen-bond acceptors (Lipinski definition) is 9. The van der Waals surface area contributed by atoms with E-state index in [0.717, 1.165) is 5.56 Å². The Hall–Kier alpha value is -3.28. The third-order valence-electron chi connectivity index (χ3n) is 4.94. The highest BCUT2D eigenvalue weighted by molar-refractivity contribution is 6.31. The molecule has 3 heterocycles. The van der Waals surface area contributed by atoms with Gasteiger partial charge in [0.1, 0.15) is 17.5 Å². The van der Waals surface area contributed by atoms with Crippen molar-refractivity contribution >= 4 is 23.6 Å². The van der Waals surface area contributed by atoms with Gasteiger partial charge < -0.3 is 20.5 Å². The molecule has 0 aromatic carbocycles. The lowest BCUT2D eigenvalue weighted by molar-refractivity contribution is 0.0513. The summed E-state index contributed by atoms with van der Waals surface area (Å²) in [5.74, 6) is 0.433. The van der Waals surface area contributed by atoms with Crippen molar-refractivity contribution in [1.82, 2.24) is 35.4 Å². The molecule has 0 aliphatic heterocycles. The van der Waals surface area contributed by atoms with Crippen molar-refractivity contribution in [2.24, 2.45) is 0 Å². The van der Waals surface area contributed by atoms with Crippen LogP contribution in [0.2, 0.25) is 5.02 Å². The Morgan fingerprint density at radius 1 is 1.17 bits per heavy atom. The van der Waals surface area contributed by atoms with Crippen LogP contribution in [0.5, 0.6) is 0 Å². The fraction of sp³-hybridized carbons (Fsp3) is 0.458. The molecule has 0 aliphatic carbocycles. The first-order valence-corrected chi connectivity index (χ1v) is 11.9. The number of anilines is 1. The highest BCUT2D eigenvalue weighted by Crippen LogP contribution is 2.28. The molecule has 4 N–H and O–H groups in total. The Morgan fingerprint density at radius 2 is 1.89 bits per heavy atom. The molecule has 36 heavy (non-hydrogen) atoms. The summed E-state index contributed by atoms with van der Waals surface area (Å²) in [6.45, 7) is 9.96. The molecule has 0 radical (unpaired) electrons. The number of nitrogens with one attached hydrogen (secondary N) is 3. The minimum atomic E-state index is -0.798. The average molecular weight is 517 g/mol. The molecule has 11 nitrogen and oxygen atoms in total. The number of aliphatic hydroxyl groups is 1. The second-order valence-electron chi connectivity index (χ2n) is 9.76. The second kappa shape index (κ2) is 11.6. The molecule has 1 unspecified atom stereocenters. The van der Waals surface area contributed by atoms with Crippen molar-refractivity contribution in [3.8, 4) is 5.69 Å². The molecule has 0 aliphatic rings. The maximum absolute atomic E-state index is 11.7. The summed E-state index contributed by atoms with van der Waals surface area (Å²) < 4.78 is 6.82. The highest BCUT2D eigenvalue weighted by Gasteiger charge is 2.25. The van der Waals surface area contributed by atoms with Crippen LogP contribution in [-0.2, 0) is 16.8 Å². The van der Waals surface area contributed by atoms with Crippen LogP contribution in [0.15, 0.2) is 43.1 Å². The second-order valence-corrected chi connectivity index (χ2v) is 10.2. The van der Waals surface area contributed by atoms with Gasteiger partial charge in [-0.25, -0.2) is 19.4 Å². The Kier molecular flexibility index (Phi) is 8.83. The average Bonchev–Trinajstić information content (AvgIpc) is 3.26. The lowest BCUT2D eigenvalue weighted by Crippen LogP contribution is -2.36. The maximum Gasteiger partial charge on any atom is 0.407 e. The van der Waals surface area contributed by atoms with Crippen LogP contribution < -0.4 is 16.0 Å². The molecule has 0 saturated heterocycles. The number of pyridine rings is 1. The number of nitrogens with zero attached hydrogens (tertiary/aromatic N) is 5. The van der Waals surface area contributed by atoms with Crippen molar-refractivity contribution in [3.05, 3.63) is 59.4 Å². The molecule has 3 aromatic rings. The topological polar surface area (TPSA) is 139 Å². The minimum Gasteiger partial charge on any atom is -0.444 e. The third-order valence-corrected chi connectivity index (χ3v) is 5.25. The number of hydrogen-bond donors (Lipinski definition) is 4. The summed E-state index contributed by atoms with van der Waals surface area (Å²) in [6, 6.07) is 3.58. The first-order valence-electron chi connectivity index (χ1n) is 11.6. The molecule has 1 amide bonds. The van der Waals surface area contributed by atoms with E-state index < -0.39 is 23.5 Å². The molecule has 0 saturated carbocycles. The van der Waals surface area contributed by atoms with Gasteiger partial charge in [0, 0.05) is 37.5 Å². The van der Waals surface area contributed by atoms with Crippen LogP contribution in [0.4, 0.5) is 10.7 Å². The van der Waals surface area contributed by atoms with Crippen LogP contribution in [0.3, 0.4) is 0 Å². The fourth-order valence-electron chi connectivity index (χ4n) is 3.24. The molecular formula is C24H33ClN8O3. The number of aliphatic hydroxyl groups excluding tert-OH is 1. The number of rotatable bonds is 10. The summed E-state index contributed by atoms with van der Waals surface area (Å²) in [5.41, 5.74) is 1.11. The molecule has 0 fully saturated rings. The molecule has 3 aromatic heterocycles. The van der Waals surface area contributed by atoms with Gasteiger partial charge in [-0.15, -0.1) is 0 Å². The molecule has 0 bridgehead atoms. The Balaban J connectivity index is 1.48. The lowest BCUT2D eigenvalue weighted by Gasteiger charge is -2.26. The quantitative estimate of drug-likeness (QED) is 0.298. The van der Waals surface area contributed by atoms with Gasteiger partial charge >= 0.3 is 6.09 Å². The largest absolute Gasteiger partial charge is 0.444 e. The van der Waals surface area contributed by atoms with E-state index in [2.05, 4.69) is 36.0 Å². The zero-order chi connectivity index (χ0) is 26.3. The van der Waals surface area contributed by atoms with E-state index >= 15 is 0 Å². The van der Waals surface area contributed by atoms with E-state index in [4.69, 9.17) is 16.3 Å². The van der Waals surface area contributed by atoms with Crippen LogP contribution >= 0.6 is 11.6 Å². The maximum atomic E-state index is 11.7. The van der Waals surface area contributed by atoms with Gasteiger partial charge in [0.15, 0.2) is 0 Å². The molecule has 194 valence electrons. The van der Waals surface area contributed by atoms with Crippen molar-refractivity contribution in [2.75, 3.05) is 11.9 Å². The van der Waals surface area contributed by atoms with E-state index in [1.54, 1.807) is 62.4 Å². The number of aromatic nitrogens is 5. The number of ether oxygens (including phenoxy) is 1. The van der Waals surface area contributed by atoms with Crippen LogP contribution in [-0.4, -0.2) is 54.3 Å². The summed E-state index contributed by atoms with van der Waals surface area (Å²) in [7, 11) is 0. The number of carbonyl (C=O) groups excluding carboxylic acids is 1. The Labute approximate surface area is 215 Å². The van der Waals surface area contributed by atoms with E-state index in [-0.39, 0.29) is 6.54 Å². The number of halogens is 1. The van der Waals surface area contributed by atoms with Crippen LogP contribution in [0, 0.1) is 0 Å². The van der Waals surface area contributed by atoms with Crippen molar-refractivity contribution in [3.63, 3.8) is 0 Å². The molecule has 1 atom stereocenters. The predicted molar refractivity (Wildman–Crippen MR) is 137 cm³/mol. The van der Waals surface area contributed by atoms with Gasteiger partial charge in [-0.3, -0.25) is 10.3 Å². The first-order chi connectivity index (χ1) is 16.9. The van der Waals surface area contributed by atoms with Gasteiger partial charge in [-0.2, -0.15) is 5.10 Å². The summed E-state index contributed by atoms with van der Waals surface area (Å²) >= 11 is 6.29. The van der Waals surface area contributed by atoms with E-state index in [0.29, 0.717) is 35.3 Å². The summed E-state index contributed by atoms with van der Waals surface area (Å²) in [6.07, 6.45) is 7.55. The van der Waals surface area contributed by atoms with E-state index in [1.807, 2.05) is 20.0 Å². The number of amides is 1. The monoisotopic (exact) mass is 516 g/mol. The van der Waals surface area contributed by atoms with Gasteiger partial charge in [0.05, 0.1) is 34.8 Å². The van der Waals surface area contributed by atoms with Gasteiger partial charge in [-0.05, 0) is 46.8 Å². The summed E-state index contributed by atoms with van der Waals surface area (Å²) in [4.78, 5) is 24.8. The number of alkyl carbamates (subject to hydrolysis) is 1. The normalized spacial score (nSPS) is 12.8. The fourth-order valence-corrected chi connectivity index (χ4v) is 3.60. The van der Waals surface area contributed by atoms with E-state index in [9.17, 15) is 9.90 Å². The molecule has 3 rings (SSSR count). The minimum absolute atomic E-state index is 0.281. The summed E-state index contributed by atoms with van der Waals surface area (Å²) in [5, 5.41) is 23.9. The molecule has 12 heteroatoms. The zero-order valence-corrected chi connectivity index (χ0v) is 21.9. The van der Waals surface area contributed by atoms with E-state index in [1.165, 1.54) is 0 Å². The molecular weight excluding hydrogens is 484 g/mol. The van der Waals surface area contributed by atoms with Crippen molar-refractivity contribution < 1.29 is 14.6 Å². The zero-order valence-electron chi connectivity index (χ0n) is 21.1. The van der Waals surface area contributed by atoms with Crippen LogP contribution in [0.1, 0.15) is 52.3 Å². The van der Waals surface area contributed by atoms with Gasteiger partial charge in [-0.1, -0.05) is 11.6 Å². The standard InChI is InChI=1S/C24H33ClN8O3/c1-23(2,3)36-22(35)27-10-8-19(34)28-11-16-12-31-33(15-16)17-13-29-21(30-14-17)32-24(4,5)20-18(25)7-6-9-26-20/h6-7,9,12-15,19,28,34H,8,10-11H2,1-5H3,(H,27,35)(H,29,30,32). The number of carbonyl (C=O) groups is 1. The Morgan fingerprint density at radius 3 is 2.56 bits per heavy atom. The lowest BCUT2D eigenvalue weighted by atomic mass is 10.00. The van der Waals surface area contributed by atoms with Gasteiger partial charge in [0.2, 0.25) is 5.95 Å². The van der Waals surface area contributed by atoms with Crippen molar-refractivity contribution in [1.29, 1.82) is 0 Å². The van der Waals surface area contributed by atoms with Gasteiger partial charge in [0.25, 0.3) is 0 Å².